The van der Waals surface area contributed by atoms with E-state index in [9.17, 15) is 0 Å². The van der Waals surface area contributed by atoms with Gasteiger partial charge in [-0.25, -0.2) is 0 Å². The highest BCUT2D eigenvalue weighted by atomic mass is 31.0. The minimum atomic E-state index is 0.627. The van der Waals surface area contributed by atoms with Crippen LogP contribution in [0.2, 0.25) is 0 Å². The van der Waals surface area contributed by atoms with Crippen LogP contribution in [0.25, 0.3) is 0 Å². The zero-order valence-electron chi connectivity index (χ0n) is 3.87. The van der Waals surface area contributed by atoms with E-state index >= 15 is 0 Å². The van der Waals surface area contributed by atoms with E-state index in [1.54, 1.807) is 7.05 Å². The van der Waals surface area contributed by atoms with Crippen molar-refractivity contribution >= 4 is 14.8 Å². The van der Waals surface area contributed by atoms with Gasteiger partial charge in [0.2, 0.25) is 0 Å². The Labute approximate surface area is 43.1 Å². The maximum Gasteiger partial charge on any atom is 0.189 e. The molecule has 5 heteroatoms. The molecule has 0 N–H and O–H groups in total. The third-order valence-electron chi connectivity index (χ3n) is 0.524. The van der Waals surface area contributed by atoms with Crippen LogP contribution < -0.4 is 5.57 Å². The van der Waals surface area contributed by atoms with Gasteiger partial charge in [0.1, 0.15) is 0 Å². The SMILES string of the molecule is Cn1nnc(P)n1. The van der Waals surface area contributed by atoms with Gasteiger partial charge >= 0.3 is 0 Å². The van der Waals surface area contributed by atoms with E-state index in [-0.39, 0.29) is 0 Å². The summed E-state index contributed by atoms with van der Waals surface area (Å²) in [5, 5.41) is 10.9. The molecule has 0 saturated heterocycles. The van der Waals surface area contributed by atoms with Crippen LogP contribution in [0.5, 0.6) is 0 Å². The Hall–Kier alpha value is -0.500. The summed E-state index contributed by atoms with van der Waals surface area (Å²) in [6.45, 7) is 0. The lowest BCUT2D eigenvalue weighted by molar-refractivity contribution is 0.631. The molecule has 0 amide bonds. The predicted molar refractivity (Wildman–Crippen MR) is 28.1 cm³/mol. The molecule has 1 heterocycles. The standard InChI is InChI=1S/C2H5N4P/c1-6-4-2(7)3-5-6/h7H2,1H3. The van der Waals surface area contributed by atoms with Gasteiger partial charge in [0.05, 0.1) is 7.05 Å². The van der Waals surface area contributed by atoms with Crippen molar-refractivity contribution in [2.45, 2.75) is 0 Å². The summed E-state index contributed by atoms with van der Waals surface area (Å²) in [5.41, 5.74) is 0.627. The molecule has 0 spiro atoms. The molecule has 0 bridgehead atoms. The highest BCUT2D eigenvalue weighted by Crippen LogP contribution is 1.70. The van der Waals surface area contributed by atoms with Crippen molar-refractivity contribution in [3.63, 3.8) is 0 Å². The van der Waals surface area contributed by atoms with Crippen LogP contribution in [0.15, 0.2) is 0 Å². The molecule has 0 saturated carbocycles. The second-order valence-corrected chi connectivity index (χ2v) is 1.65. The maximum atomic E-state index is 3.77. The van der Waals surface area contributed by atoms with E-state index in [1.165, 1.54) is 4.80 Å². The number of hydrogen-bond donors (Lipinski definition) is 0. The molecule has 4 nitrogen and oxygen atoms in total. The maximum absolute atomic E-state index is 3.77. The van der Waals surface area contributed by atoms with Crippen LogP contribution in [-0.4, -0.2) is 20.2 Å². The van der Waals surface area contributed by atoms with E-state index < -0.39 is 0 Å². The Kier molecular flexibility index (Phi) is 1.02. The molecule has 7 heavy (non-hydrogen) atoms. The molecule has 1 unspecified atom stereocenters. The molecule has 1 atom stereocenters. The van der Waals surface area contributed by atoms with Gasteiger partial charge in [0.25, 0.3) is 0 Å². The van der Waals surface area contributed by atoms with E-state index in [4.69, 9.17) is 0 Å². The molecule has 0 aliphatic rings. The van der Waals surface area contributed by atoms with Crippen LogP contribution >= 0.6 is 9.24 Å². The summed E-state index contributed by atoms with van der Waals surface area (Å²) in [6.07, 6.45) is 0. The molecular formula is C2H5N4P. The fourth-order valence-corrected chi connectivity index (χ4v) is 0.518. The van der Waals surface area contributed by atoms with Gasteiger partial charge < -0.3 is 0 Å². The Morgan fingerprint density at radius 1 is 1.71 bits per heavy atom. The lowest BCUT2D eigenvalue weighted by Gasteiger charge is -1.73. The molecule has 0 aliphatic heterocycles. The summed E-state index contributed by atoms with van der Waals surface area (Å²) in [6, 6.07) is 0. The zero-order chi connectivity index (χ0) is 5.28. The van der Waals surface area contributed by atoms with Gasteiger partial charge in [-0.3, -0.25) is 0 Å². The third kappa shape index (κ3) is 0.933. The highest BCUT2D eigenvalue weighted by molar-refractivity contribution is 7.26. The van der Waals surface area contributed by atoms with Gasteiger partial charge in [-0.1, -0.05) is 9.24 Å². The fourth-order valence-electron chi connectivity index (χ4n) is 0.299. The van der Waals surface area contributed by atoms with Crippen molar-refractivity contribution in [2.75, 3.05) is 0 Å². The largest absolute Gasteiger partial charge is 0.189 e. The first-order valence-electron chi connectivity index (χ1n) is 1.78. The number of aromatic nitrogens is 4. The lowest BCUT2D eigenvalue weighted by atomic mass is 11.4. The van der Waals surface area contributed by atoms with Crippen molar-refractivity contribution in [3.05, 3.63) is 0 Å². The molecular weight excluding hydrogens is 111 g/mol. The minimum Gasteiger partial charge on any atom is -0.167 e. The molecule has 38 valence electrons. The normalized spacial score (nSPS) is 9.43. The molecule has 0 radical (unpaired) electrons. The van der Waals surface area contributed by atoms with E-state index in [0.717, 1.165) is 0 Å². The number of nitrogens with zero attached hydrogens (tertiary/aromatic N) is 4. The van der Waals surface area contributed by atoms with E-state index in [1.807, 2.05) is 0 Å². The van der Waals surface area contributed by atoms with Crippen LogP contribution in [0.4, 0.5) is 0 Å². The topological polar surface area (TPSA) is 43.6 Å². The van der Waals surface area contributed by atoms with Gasteiger partial charge in [0.15, 0.2) is 5.57 Å². The second kappa shape index (κ2) is 1.54. The van der Waals surface area contributed by atoms with Crippen LogP contribution in [0.1, 0.15) is 0 Å². The zero-order valence-corrected chi connectivity index (χ0v) is 5.02. The number of aryl methyl sites for hydroxylation is 1. The monoisotopic (exact) mass is 116 g/mol. The van der Waals surface area contributed by atoms with E-state index in [2.05, 4.69) is 24.7 Å². The van der Waals surface area contributed by atoms with Crippen molar-refractivity contribution in [1.29, 1.82) is 0 Å². The molecule has 0 aromatic carbocycles. The lowest BCUT2D eigenvalue weighted by Crippen LogP contribution is -1.97. The van der Waals surface area contributed by atoms with Gasteiger partial charge in [-0.15, -0.1) is 10.2 Å². The first-order chi connectivity index (χ1) is 3.29. The average molecular weight is 116 g/mol. The smallest absolute Gasteiger partial charge is 0.167 e. The molecule has 0 fully saturated rings. The van der Waals surface area contributed by atoms with Crippen LogP contribution in [0.3, 0.4) is 0 Å². The van der Waals surface area contributed by atoms with Crippen molar-refractivity contribution in [1.82, 2.24) is 20.2 Å². The number of hydrogen-bond acceptors (Lipinski definition) is 3. The Balaban J connectivity index is 3.04. The van der Waals surface area contributed by atoms with Crippen LogP contribution in [0, 0.1) is 0 Å². The number of rotatable bonds is 0. The molecule has 0 aliphatic carbocycles. The molecule has 1 aromatic heterocycles. The third-order valence-corrected chi connectivity index (χ3v) is 0.755. The predicted octanol–water partition coefficient (Wildman–Crippen LogP) is -1.29. The van der Waals surface area contributed by atoms with Crippen LogP contribution in [-0.2, 0) is 7.05 Å². The summed E-state index contributed by atoms with van der Waals surface area (Å²) < 4.78 is 0. The summed E-state index contributed by atoms with van der Waals surface area (Å²) in [4.78, 5) is 1.41. The number of tetrazole rings is 1. The summed E-state index contributed by atoms with van der Waals surface area (Å²) in [5.74, 6) is 0. The van der Waals surface area contributed by atoms with Gasteiger partial charge in [-0.2, -0.15) is 4.80 Å². The Morgan fingerprint density at radius 3 is 2.57 bits per heavy atom. The Morgan fingerprint density at radius 2 is 2.43 bits per heavy atom. The first-order valence-corrected chi connectivity index (χ1v) is 2.36. The molecule has 1 aromatic rings. The van der Waals surface area contributed by atoms with E-state index in [0.29, 0.717) is 5.57 Å². The first kappa shape index (κ1) is 4.65. The fraction of sp³-hybridized carbons (Fsp3) is 0.500. The van der Waals surface area contributed by atoms with Crippen molar-refractivity contribution in [2.24, 2.45) is 7.05 Å². The quantitative estimate of drug-likeness (QED) is 0.396. The second-order valence-electron chi connectivity index (χ2n) is 1.14. The highest BCUT2D eigenvalue weighted by Gasteiger charge is 1.85. The van der Waals surface area contributed by atoms with Gasteiger partial charge in [-0.05, 0) is 5.21 Å². The summed E-state index contributed by atoms with van der Waals surface area (Å²) >= 11 is 0. The average Bonchev–Trinajstić information content (AvgIpc) is 1.87. The minimum absolute atomic E-state index is 0.627. The van der Waals surface area contributed by atoms with Crippen molar-refractivity contribution < 1.29 is 0 Å². The van der Waals surface area contributed by atoms with Crippen molar-refractivity contribution in [3.8, 4) is 0 Å². The Bertz CT molecular complexity index is 142. The van der Waals surface area contributed by atoms with Gasteiger partial charge in [0, 0.05) is 0 Å². The molecule has 1 rings (SSSR count). The summed E-state index contributed by atoms with van der Waals surface area (Å²) in [7, 11) is 4.07.